The first-order chi connectivity index (χ1) is 3.18. The van der Waals surface area contributed by atoms with Gasteiger partial charge in [0.2, 0.25) is 0 Å². The Kier molecular flexibility index (Phi) is 7.60. The predicted molar refractivity (Wildman–Crippen MR) is 31.2 cm³/mol. The molecule has 0 aromatic carbocycles. The normalized spacial score (nSPS) is 11.8. The van der Waals surface area contributed by atoms with E-state index in [-0.39, 0.29) is 27.3 Å². The first-order valence-corrected chi connectivity index (χ1v) is 1.77. The number of carboxylic acid groups (broad SMARTS) is 1. The molecule has 4 N–H and O–H groups in total. The molecule has 4 nitrogen and oxygen atoms in total. The Morgan fingerprint density at radius 2 is 2.12 bits per heavy atom. The van der Waals surface area contributed by atoms with Gasteiger partial charge in [-0.25, -0.2) is 0 Å². The molecule has 0 saturated heterocycles. The van der Waals surface area contributed by atoms with Crippen LogP contribution in [0.1, 0.15) is 0 Å². The number of nitrogens with two attached hydrogens (primary N) is 1. The van der Waals surface area contributed by atoms with Crippen LogP contribution in [-0.2, 0) is 4.79 Å². The number of carbonyl (C=O) groups is 1. The van der Waals surface area contributed by atoms with Crippen LogP contribution >= 0.6 is 0 Å². The number of hydrogen-bond acceptors (Lipinski definition) is 3. The van der Waals surface area contributed by atoms with Crippen molar-refractivity contribution < 1.29 is 15.0 Å². The van der Waals surface area contributed by atoms with E-state index in [1.807, 2.05) is 0 Å². The monoisotopic (exact) mass is 315 g/mol. The topological polar surface area (TPSA) is 83.5 Å². The first-order valence-electron chi connectivity index (χ1n) is 1.77. The number of rotatable bonds is 2. The maximum absolute atomic E-state index is 9.65. The Morgan fingerprint density at radius 3 is 2.12 bits per heavy atom. The second-order valence-electron chi connectivity index (χ2n) is 1.13. The van der Waals surface area contributed by atoms with Gasteiger partial charge in [0.25, 0.3) is 0 Å². The summed E-state index contributed by atoms with van der Waals surface area (Å²) in [5.74, 6) is -1.18. The fourth-order valence-electron chi connectivity index (χ4n) is 0.0781. The summed E-state index contributed by atoms with van der Waals surface area (Å²) in [6, 6.07) is -1.13. The minimum absolute atomic E-state index is 0. The molecular formula is C3H9NO3Pb. The van der Waals surface area contributed by atoms with Gasteiger partial charge in [-0.15, -0.1) is 0 Å². The zero-order chi connectivity index (χ0) is 5.86. The van der Waals surface area contributed by atoms with Crippen molar-refractivity contribution in [2.45, 2.75) is 6.04 Å². The Balaban J connectivity index is 0. The van der Waals surface area contributed by atoms with Gasteiger partial charge in [0, 0.05) is 0 Å². The standard InChI is InChI=1S/C3H7NO3.Pb.2H/c4-2(1-5)3(6)7;;;/h2,5H,1,4H2,(H,6,7);;;/t2-;;;/m1.../s1. The SMILES string of the molecule is N[C@H](CO)C(=O)O.[PbH2]. The Hall–Kier alpha value is 0.312. The summed E-state index contributed by atoms with van der Waals surface area (Å²) >= 11 is 0. The Labute approximate surface area is 66.8 Å². The quantitative estimate of drug-likeness (QED) is 0.491. The van der Waals surface area contributed by atoms with E-state index in [4.69, 9.17) is 15.9 Å². The Morgan fingerprint density at radius 1 is 1.75 bits per heavy atom. The molecule has 5 heteroatoms. The third-order valence-corrected chi connectivity index (χ3v) is 0.514. The van der Waals surface area contributed by atoms with Crippen LogP contribution in [0.15, 0.2) is 0 Å². The third-order valence-electron chi connectivity index (χ3n) is 0.514. The molecular weight excluding hydrogens is 305 g/mol. The molecule has 0 aliphatic heterocycles. The van der Waals surface area contributed by atoms with Crippen LogP contribution in [0.2, 0.25) is 0 Å². The molecule has 0 heterocycles. The van der Waals surface area contributed by atoms with Crippen molar-refractivity contribution in [3.8, 4) is 0 Å². The van der Waals surface area contributed by atoms with Crippen LogP contribution in [0.5, 0.6) is 0 Å². The van der Waals surface area contributed by atoms with Gasteiger partial charge in [-0.05, 0) is 0 Å². The third kappa shape index (κ3) is 4.47. The van der Waals surface area contributed by atoms with Gasteiger partial charge in [0.15, 0.2) is 0 Å². The van der Waals surface area contributed by atoms with Crippen molar-refractivity contribution in [2.24, 2.45) is 5.73 Å². The molecule has 0 aliphatic rings. The number of aliphatic carboxylic acids is 1. The van der Waals surface area contributed by atoms with E-state index in [9.17, 15) is 4.79 Å². The summed E-state index contributed by atoms with van der Waals surface area (Å²) in [6.45, 7) is -0.505. The van der Waals surface area contributed by atoms with Crippen LogP contribution in [0.3, 0.4) is 0 Å². The summed E-state index contributed by atoms with van der Waals surface area (Å²) in [6.07, 6.45) is 0. The molecule has 0 amide bonds. The zero-order valence-corrected chi connectivity index (χ0v) is 9.87. The molecule has 0 bridgehead atoms. The van der Waals surface area contributed by atoms with Crippen LogP contribution in [0, 0.1) is 0 Å². The van der Waals surface area contributed by atoms with Gasteiger partial charge in [0.1, 0.15) is 6.04 Å². The molecule has 8 heavy (non-hydrogen) atoms. The van der Waals surface area contributed by atoms with Crippen LogP contribution in [0.25, 0.3) is 0 Å². The van der Waals surface area contributed by atoms with Crippen molar-refractivity contribution >= 4 is 33.3 Å². The van der Waals surface area contributed by atoms with E-state index in [1.165, 1.54) is 0 Å². The van der Waals surface area contributed by atoms with Crippen LogP contribution in [-0.4, -0.2) is 56.1 Å². The molecule has 1 atom stereocenters. The van der Waals surface area contributed by atoms with Gasteiger partial charge >= 0.3 is 33.3 Å². The van der Waals surface area contributed by atoms with Gasteiger partial charge in [-0.2, -0.15) is 0 Å². The maximum atomic E-state index is 9.65. The fraction of sp³-hybridized carbons (Fsp3) is 0.667. The van der Waals surface area contributed by atoms with Crippen molar-refractivity contribution in [1.29, 1.82) is 0 Å². The summed E-state index contributed by atoms with van der Waals surface area (Å²) in [4.78, 5) is 9.65. The van der Waals surface area contributed by atoms with E-state index < -0.39 is 18.6 Å². The van der Waals surface area contributed by atoms with Crippen LogP contribution in [0.4, 0.5) is 0 Å². The summed E-state index contributed by atoms with van der Waals surface area (Å²) in [7, 11) is 0. The van der Waals surface area contributed by atoms with E-state index in [1.54, 1.807) is 0 Å². The van der Waals surface area contributed by atoms with E-state index in [0.717, 1.165) is 0 Å². The average Bonchev–Trinajstić information content (AvgIpc) is 1.65. The van der Waals surface area contributed by atoms with Gasteiger partial charge < -0.3 is 15.9 Å². The second-order valence-corrected chi connectivity index (χ2v) is 1.13. The minimum atomic E-state index is -1.18. The van der Waals surface area contributed by atoms with Crippen molar-refractivity contribution in [3.63, 3.8) is 0 Å². The van der Waals surface area contributed by atoms with Crippen molar-refractivity contribution in [3.05, 3.63) is 0 Å². The molecule has 0 spiro atoms. The number of carboxylic acids is 1. The van der Waals surface area contributed by atoms with E-state index >= 15 is 0 Å². The van der Waals surface area contributed by atoms with Gasteiger partial charge in [-0.1, -0.05) is 0 Å². The number of aliphatic hydroxyl groups excluding tert-OH is 1. The zero-order valence-electron chi connectivity index (χ0n) is 4.37. The van der Waals surface area contributed by atoms with Gasteiger partial charge in [-0.3, -0.25) is 4.79 Å². The number of aliphatic hydroxyl groups is 1. The molecule has 0 aliphatic carbocycles. The summed E-state index contributed by atoms with van der Waals surface area (Å²) in [5.41, 5.74) is 4.77. The summed E-state index contributed by atoms with van der Waals surface area (Å²) in [5, 5.41) is 15.9. The summed E-state index contributed by atoms with van der Waals surface area (Å²) < 4.78 is 0. The Bertz CT molecular complexity index is 76.9. The molecule has 2 radical (unpaired) electrons. The fourth-order valence-corrected chi connectivity index (χ4v) is 0.0781. The molecule has 0 rings (SSSR count). The van der Waals surface area contributed by atoms with Gasteiger partial charge in [0.05, 0.1) is 6.61 Å². The van der Waals surface area contributed by atoms with Crippen LogP contribution < -0.4 is 5.73 Å². The molecule has 0 fully saturated rings. The van der Waals surface area contributed by atoms with E-state index in [2.05, 4.69) is 0 Å². The second kappa shape index (κ2) is 5.45. The molecule has 0 unspecified atom stereocenters. The molecule has 48 valence electrons. The number of hydrogen-bond donors (Lipinski definition) is 3. The molecule has 0 aromatic heterocycles. The molecule has 0 aromatic rings. The van der Waals surface area contributed by atoms with E-state index in [0.29, 0.717) is 0 Å². The first kappa shape index (κ1) is 11.2. The average molecular weight is 314 g/mol. The predicted octanol–water partition coefficient (Wildman–Crippen LogP) is -2.53. The van der Waals surface area contributed by atoms with Crippen molar-refractivity contribution in [2.75, 3.05) is 6.61 Å². The van der Waals surface area contributed by atoms with Crippen molar-refractivity contribution in [1.82, 2.24) is 0 Å². The molecule has 0 saturated carbocycles.